The molecule has 0 unspecified atom stereocenters. The van der Waals surface area contributed by atoms with Gasteiger partial charge in [-0.1, -0.05) is 0 Å². The molecule has 0 spiro atoms. The second-order valence-electron chi connectivity index (χ2n) is 5.93. The molecule has 4 rings (SSSR count). The fraction of sp³-hybridized carbons (Fsp3) is 0.176. The highest BCUT2D eigenvalue weighted by Gasteiger charge is 2.20. The number of anilines is 2. The highest BCUT2D eigenvalue weighted by molar-refractivity contribution is 5.75. The van der Waals surface area contributed by atoms with Crippen molar-refractivity contribution in [1.82, 2.24) is 29.5 Å². The number of rotatable bonds is 5. The molecule has 1 N–H and O–H groups in total. The molecule has 11 heteroatoms. The van der Waals surface area contributed by atoms with Crippen LogP contribution >= 0.6 is 0 Å². The zero-order valence-electron chi connectivity index (χ0n) is 14.5. The van der Waals surface area contributed by atoms with Crippen LogP contribution < -0.4 is 5.32 Å². The van der Waals surface area contributed by atoms with Gasteiger partial charge in [0.25, 0.3) is 0 Å². The fourth-order valence-electron chi connectivity index (χ4n) is 2.68. The van der Waals surface area contributed by atoms with Crippen molar-refractivity contribution >= 4 is 22.7 Å². The van der Waals surface area contributed by atoms with Gasteiger partial charge in [0, 0.05) is 25.0 Å². The number of benzene rings is 1. The number of hydrogen-bond donors (Lipinski definition) is 1. The number of aromatic nitrogens is 6. The minimum Gasteiger partial charge on any atom is -0.321 e. The van der Waals surface area contributed by atoms with E-state index in [1.807, 2.05) is 6.92 Å². The molecular formula is C17H13F4N7. The number of nitrogens with one attached hydrogen (secondary N) is 1. The first kappa shape index (κ1) is 17.9. The van der Waals surface area contributed by atoms with Crippen LogP contribution in [0.5, 0.6) is 0 Å². The Morgan fingerprint density at radius 3 is 2.43 bits per heavy atom. The molecule has 0 saturated carbocycles. The molecule has 28 heavy (non-hydrogen) atoms. The number of nitrogens with zero attached hydrogens (tertiary/aromatic N) is 6. The monoisotopic (exact) mass is 391 g/mol. The van der Waals surface area contributed by atoms with Crippen molar-refractivity contribution in [2.75, 3.05) is 5.32 Å². The van der Waals surface area contributed by atoms with E-state index in [4.69, 9.17) is 0 Å². The van der Waals surface area contributed by atoms with Crippen LogP contribution in [0.2, 0.25) is 0 Å². The van der Waals surface area contributed by atoms with Crippen LogP contribution in [0, 0.1) is 23.3 Å². The third-order valence-corrected chi connectivity index (χ3v) is 4.10. The number of fused-ring (bicyclic) bond motifs is 1. The summed E-state index contributed by atoms with van der Waals surface area (Å²) < 4.78 is 57.7. The van der Waals surface area contributed by atoms with Gasteiger partial charge in [-0.3, -0.25) is 4.68 Å². The molecule has 0 atom stereocenters. The van der Waals surface area contributed by atoms with Crippen molar-refractivity contribution in [2.24, 2.45) is 0 Å². The van der Waals surface area contributed by atoms with E-state index in [1.165, 1.54) is 12.4 Å². The van der Waals surface area contributed by atoms with Gasteiger partial charge in [-0.25, -0.2) is 27.2 Å². The Hall–Kier alpha value is -3.50. The van der Waals surface area contributed by atoms with Gasteiger partial charge in [-0.15, -0.1) is 0 Å². The summed E-state index contributed by atoms with van der Waals surface area (Å²) in [6.07, 6.45) is 6.21. The topological polar surface area (TPSA) is 73.5 Å². The first-order valence-electron chi connectivity index (χ1n) is 8.26. The van der Waals surface area contributed by atoms with Gasteiger partial charge in [-0.05, 0) is 6.92 Å². The standard InChI is InChI=1S/C17H13F4N7/c1-2-27-7-10(6-23-27)25-17-22-4-9-5-24-28(16(9)26-17)8-11-14(20)12(18)3-13(19)15(11)21/h3-7H,2,8H2,1H3,(H,22,25,26). The van der Waals surface area contributed by atoms with Crippen molar-refractivity contribution in [3.8, 4) is 0 Å². The molecule has 0 amide bonds. The largest absolute Gasteiger partial charge is 0.321 e. The van der Waals surface area contributed by atoms with Gasteiger partial charge < -0.3 is 5.32 Å². The van der Waals surface area contributed by atoms with Gasteiger partial charge in [0.15, 0.2) is 28.9 Å². The van der Waals surface area contributed by atoms with E-state index in [9.17, 15) is 17.6 Å². The first-order chi connectivity index (χ1) is 13.5. The quantitative estimate of drug-likeness (QED) is 0.417. The van der Waals surface area contributed by atoms with Gasteiger partial charge in [0.05, 0.1) is 35.6 Å². The summed E-state index contributed by atoms with van der Waals surface area (Å²) in [4.78, 5) is 8.41. The maximum atomic E-state index is 14.0. The summed E-state index contributed by atoms with van der Waals surface area (Å²) in [6.45, 7) is 2.08. The minimum atomic E-state index is -1.48. The third-order valence-electron chi connectivity index (χ3n) is 4.10. The Morgan fingerprint density at radius 1 is 1.00 bits per heavy atom. The lowest BCUT2D eigenvalue weighted by Gasteiger charge is -2.08. The second kappa shape index (κ2) is 6.91. The lowest BCUT2D eigenvalue weighted by Crippen LogP contribution is -2.10. The van der Waals surface area contributed by atoms with Crippen LogP contribution in [-0.2, 0) is 13.1 Å². The Kier molecular flexibility index (Phi) is 4.41. The minimum absolute atomic E-state index is 0.163. The molecular weight excluding hydrogens is 378 g/mol. The maximum Gasteiger partial charge on any atom is 0.229 e. The molecule has 3 heterocycles. The molecule has 144 valence electrons. The summed E-state index contributed by atoms with van der Waals surface area (Å²) in [7, 11) is 0. The van der Waals surface area contributed by atoms with Gasteiger partial charge in [0.1, 0.15) is 0 Å². The normalized spacial score (nSPS) is 11.3. The van der Waals surface area contributed by atoms with Crippen LogP contribution in [0.25, 0.3) is 11.0 Å². The Morgan fingerprint density at radius 2 is 1.75 bits per heavy atom. The van der Waals surface area contributed by atoms with Crippen LogP contribution in [0.3, 0.4) is 0 Å². The molecule has 0 aliphatic rings. The third kappa shape index (κ3) is 3.15. The lowest BCUT2D eigenvalue weighted by atomic mass is 10.2. The molecule has 0 saturated heterocycles. The fourth-order valence-corrected chi connectivity index (χ4v) is 2.68. The van der Waals surface area contributed by atoms with Crippen LogP contribution in [0.1, 0.15) is 12.5 Å². The average Bonchev–Trinajstić information content (AvgIpc) is 3.30. The summed E-state index contributed by atoms with van der Waals surface area (Å²) in [5, 5.41) is 11.6. The molecule has 0 aliphatic carbocycles. The Labute approximate surface area is 155 Å². The molecule has 0 bridgehead atoms. The van der Waals surface area contributed by atoms with Crippen LogP contribution in [-0.4, -0.2) is 29.5 Å². The van der Waals surface area contributed by atoms with E-state index in [1.54, 1.807) is 17.1 Å². The van der Waals surface area contributed by atoms with Crippen molar-refractivity contribution in [3.63, 3.8) is 0 Å². The molecule has 4 aromatic rings. The van der Waals surface area contributed by atoms with E-state index >= 15 is 0 Å². The molecule has 7 nitrogen and oxygen atoms in total. The van der Waals surface area contributed by atoms with Crippen LogP contribution in [0.15, 0.2) is 30.9 Å². The van der Waals surface area contributed by atoms with E-state index in [2.05, 4.69) is 25.5 Å². The summed E-state index contributed by atoms with van der Waals surface area (Å²) in [6, 6.07) is 0.163. The highest BCUT2D eigenvalue weighted by atomic mass is 19.2. The predicted octanol–water partition coefficient (Wildman–Crippen LogP) is 3.39. The maximum absolute atomic E-state index is 14.0. The van der Waals surface area contributed by atoms with Gasteiger partial charge >= 0.3 is 0 Å². The van der Waals surface area contributed by atoms with Gasteiger partial charge in [0.2, 0.25) is 5.95 Å². The number of hydrogen-bond acceptors (Lipinski definition) is 5. The van der Waals surface area contributed by atoms with E-state index in [-0.39, 0.29) is 17.7 Å². The summed E-state index contributed by atoms with van der Waals surface area (Å²) >= 11 is 0. The molecule has 0 aliphatic heterocycles. The predicted molar refractivity (Wildman–Crippen MR) is 91.9 cm³/mol. The van der Waals surface area contributed by atoms with E-state index in [0.717, 1.165) is 4.68 Å². The smallest absolute Gasteiger partial charge is 0.229 e. The summed E-state index contributed by atoms with van der Waals surface area (Å²) in [5.41, 5.74) is 0.111. The lowest BCUT2D eigenvalue weighted by molar-refractivity contribution is 0.432. The molecule has 0 fully saturated rings. The van der Waals surface area contributed by atoms with Crippen molar-refractivity contribution in [1.29, 1.82) is 0 Å². The average molecular weight is 391 g/mol. The zero-order chi connectivity index (χ0) is 19.8. The van der Waals surface area contributed by atoms with Crippen LogP contribution in [0.4, 0.5) is 29.2 Å². The van der Waals surface area contributed by atoms with Gasteiger partial charge in [-0.2, -0.15) is 15.2 Å². The van der Waals surface area contributed by atoms with Crippen molar-refractivity contribution in [2.45, 2.75) is 20.0 Å². The van der Waals surface area contributed by atoms with E-state index in [0.29, 0.717) is 17.6 Å². The SMILES string of the molecule is CCn1cc(Nc2ncc3cnn(Cc4c(F)c(F)cc(F)c4F)c3n2)cn1. The van der Waals surface area contributed by atoms with Crippen molar-refractivity contribution in [3.05, 3.63) is 59.7 Å². The molecule has 1 aromatic carbocycles. The summed E-state index contributed by atoms with van der Waals surface area (Å²) in [5.74, 6) is -5.69. The van der Waals surface area contributed by atoms with E-state index < -0.39 is 35.4 Å². The number of aryl methyl sites for hydroxylation is 1. The Bertz CT molecular complexity index is 1140. The highest BCUT2D eigenvalue weighted by Crippen LogP contribution is 2.22. The molecule has 3 aromatic heterocycles. The second-order valence-corrected chi connectivity index (χ2v) is 5.93. The Balaban J connectivity index is 1.69. The number of halogens is 4. The zero-order valence-corrected chi connectivity index (χ0v) is 14.5. The molecule has 0 radical (unpaired) electrons. The van der Waals surface area contributed by atoms with Crippen molar-refractivity contribution < 1.29 is 17.6 Å². The first-order valence-corrected chi connectivity index (χ1v) is 8.26.